The number of nitrogens with zero attached hydrogens (tertiary/aromatic N) is 1. The summed E-state index contributed by atoms with van der Waals surface area (Å²) in [6.45, 7) is 12.8. The third kappa shape index (κ3) is 6.92. The molecule has 2 N–H and O–H groups in total. The van der Waals surface area contributed by atoms with Crippen LogP contribution >= 0.6 is 7.75 Å². The van der Waals surface area contributed by atoms with Crippen molar-refractivity contribution in [1.82, 2.24) is 14.6 Å². The Morgan fingerprint density at radius 2 is 1.89 bits per heavy atom. The lowest BCUT2D eigenvalue weighted by molar-refractivity contribution is -0.0413. The van der Waals surface area contributed by atoms with Crippen LogP contribution in [0.5, 0.6) is 0 Å². The topological polar surface area (TPSA) is 121 Å². The van der Waals surface area contributed by atoms with Crippen molar-refractivity contribution in [3.05, 3.63) is 68.5 Å². The molecule has 1 saturated heterocycles. The number of hydrogen-bond donors (Lipinski definition) is 2. The highest BCUT2D eigenvalue weighted by molar-refractivity contribution is 7.51. The number of rotatable bonds is 10. The zero-order valence-electron chi connectivity index (χ0n) is 22.1. The number of aryl methyl sites for hydroxylation is 1. The summed E-state index contributed by atoms with van der Waals surface area (Å²) in [4.78, 5) is 26.7. The Hall–Kier alpha value is -1.85. The molecule has 1 aromatic carbocycles. The smallest absolute Gasteiger partial charge is 0.405 e. The van der Waals surface area contributed by atoms with Gasteiger partial charge in [-0.25, -0.2) is 14.4 Å². The quantitative estimate of drug-likeness (QED) is 0.342. The normalized spacial score (nSPS) is 22.5. The Bertz CT molecular complexity index is 1190. The first-order chi connectivity index (χ1) is 16.7. The Balaban J connectivity index is 1.83. The second kappa shape index (κ2) is 11.3. The molecule has 1 fully saturated rings. The summed E-state index contributed by atoms with van der Waals surface area (Å²) >= 11 is 0. The summed E-state index contributed by atoms with van der Waals surface area (Å²) in [6, 6.07) is 9.50. The standard InChI is InChI=1S/C24H38N3O7PSi/c1-17-15-27(23(29)26-22(17)28)21-13-19(20(33-21)16-32-36(6,7)24(2,3)4)34-35(30,31-5)25-14-18-11-9-8-10-12-18/h8-12,15,19-21H,13-14,16H2,1-7H3,(H,25,30)(H,26,28,29)/t19-,20+,21+,35?/m0/s1. The number of aromatic nitrogens is 2. The highest BCUT2D eigenvalue weighted by Gasteiger charge is 2.44. The van der Waals surface area contributed by atoms with Crippen molar-refractivity contribution >= 4 is 16.1 Å². The van der Waals surface area contributed by atoms with Crippen LogP contribution in [0, 0.1) is 6.92 Å². The largest absolute Gasteiger partial charge is 0.414 e. The first-order valence-electron chi connectivity index (χ1n) is 12.0. The first-order valence-corrected chi connectivity index (χ1v) is 16.4. The van der Waals surface area contributed by atoms with Gasteiger partial charge in [0.15, 0.2) is 8.32 Å². The van der Waals surface area contributed by atoms with Gasteiger partial charge in [0.25, 0.3) is 5.56 Å². The highest BCUT2D eigenvalue weighted by Crippen LogP contribution is 2.48. The molecule has 1 aromatic heterocycles. The molecule has 0 aliphatic carbocycles. The predicted octanol–water partition coefficient (Wildman–Crippen LogP) is 4.08. The fourth-order valence-corrected chi connectivity index (χ4v) is 5.80. The minimum absolute atomic E-state index is 0.0204. The fourth-order valence-electron chi connectivity index (χ4n) is 3.55. The number of H-pyrrole nitrogens is 1. The molecule has 0 saturated carbocycles. The summed E-state index contributed by atoms with van der Waals surface area (Å²) in [5.41, 5.74) is 0.266. The Morgan fingerprint density at radius 3 is 2.50 bits per heavy atom. The molecule has 2 heterocycles. The second-order valence-corrected chi connectivity index (χ2v) is 17.3. The maximum atomic E-state index is 13.5. The van der Waals surface area contributed by atoms with Gasteiger partial charge in [-0.05, 0) is 30.6 Å². The molecule has 36 heavy (non-hydrogen) atoms. The van der Waals surface area contributed by atoms with Crippen molar-refractivity contribution in [2.75, 3.05) is 13.7 Å². The molecule has 1 unspecified atom stereocenters. The molecule has 2 aromatic rings. The Morgan fingerprint density at radius 1 is 1.22 bits per heavy atom. The van der Waals surface area contributed by atoms with Crippen LogP contribution in [0.15, 0.2) is 46.1 Å². The van der Waals surface area contributed by atoms with Gasteiger partial charge in [-0.1, -0.05) is 51.1 Å². The number of aromatic amines is 1. The summed E-state index contributed by atoms with van der Waals surface area (Å²) in [5.74, 6) is 0. The second-order valence-electron chi connectivity index (χ2n) is 10.6. The molecule has 10 nitrogen and oxygen atoms in total. The summed E-state index contributed by atoms with van der Waals surface area (Å²) < 4.78 is 38.7. The van der Waals surface area contributed by atoms with Gasteiger partial charge in [0.2, 0.25) is 0 Å². The van der Waals surface area contributed by atoms with Crippen molar-refractivity contribution in [3.8, 4) is 0 Å². The zero-order chi connectivity index (χ0) is 26.7. The maximum Gasteiger partial charge on any atom is 0.405 e. The van der Waals surface area contributed by atoms with Gasteiger partial charge in [-0.3, -0.25) is 18.9 Å². The maximum absolute atomic E-state index is 13.5. The first kappa shape index (κ1) is 28.7. The molecule has 0 amide bonds. The van der Waals surface area contributed by atoms with E-state index in [4.69, 9.17) is 18.2 Å². The number of ether oxygens (including phenoxy) is 1. The Kier molecular flexibility index (Phi) is 8.98. The van der Waals surface area contributed by atoms with Gasteiger partial charge in [0.05, 0.1) is 6.61 Å². The van der Waals surface area contributed by atoms with E-state index in [1.807, 2.05) is 30.3 Å². The molecule has 4 atom stereocenters. The van der Waals surface area contributed by atoms with Gasteiger partial charge in [-0.15, -0.1) is 0 Å². The van der Waals surface area contributed by atoms with Gasteiger partial charge < -0.3 is 13.7 Å². The molecule has 0 radical (unpaired) electrons. The third-order valence-electron chi connectivity index (χ3n) is 6.89. The van der Waals surface area contributed by atoms with Crippen LogP contribution in [-0.4, -0.2) is 43.8 Å². The van der Waals surface area contributed by atoms with Gasteiger partial charge in [0.1, 0.15) is 18.4 Å². The number of hydrogen-bond acceptors (Lipinski definition) is 7. The monoisotopic (exact) mass is 539 g/mol. The molecule has 0 spiro atoms. The van der Waals surface area contributed by atoms with E-state index in [0.717, 1.165) is 5.56 Å². The summed E-state index contributed by atoms with van der Waals surface area (Å²) in [6.07, 6.45) is -0.343. The molecule has 200 valence electrons. The average molecular weight is 540 g/mol. The molecule has 1 aliphatic rings. The SMILES string of the molecule is COP(=O)(NCc1ccccc1)O[C@H]1C[C@H](n2cc(C)c(=O)[nH]c2=O)O[C@@H]1CO[Si](C)(C)C(C)(C)C. The van der Waals surface area contributed by atoms with Crippen LogP contribution < -0.4 is 16.3 Å². The van der Waals surface area contributed by atoms with Crippen LogP contribution in [0.1, 0.15) is 44.5 Å². The molecular weight excluding hydrogens is 501 g/mol. The van der Waals surface area contributed by atoms with Gasteiger partial charge in [-0.2, -0.15) is 0 Å². The van der Waals surface area contributed by atoms with Crippen LogP contribution in [-0.2, 0) is 29.3 Å². The van der Waals surface area contributed by atoms with Crippen molar-refractivity contribution in [2.45, 2.75) is 77.2 Å². The van der Waals surface area contributed by atoms with Crippen LogP contribution in [0.3, 0.4) is 0 Å². The van der Waals surface area contributed by atoms with Crippen LogP contribution in [0.25, 0.3) is 0 Å². The lowest BCUT2D eigenvalue weighted by Gasteiger charge is -2.37. The van der Waals surface area contributed by atoms with E-state index in [-0.39, 0.29) is 24.6 Å². The zero-order valence-corrected chi connectivity index (χ0v) is 24.0. The lowest BCUT2D eigenvalue weighted by Crippen LogP contribution is -2.44. The van der Waals surface area contributed by atoms with E-state index in [9.17, 15) is 14.2 Å². The molecule has 3 rings (SSSR count). The van der Waals surface area contributed by atoms with Crippen LogP contribution in [0.4, 0.5) is 0 Å². The van der Waals surface area contributed by atoms with Crippen molar-refractivity contribution in [1.29, 1.82) is 0 Å². The van der Waals surface area contributed by atoms with E-state index in [1.54, 1.807) is 6.92 Å². The molecule has 1 aliphatic heterocycles. The molecule has 0 bridgehead atoms. The predicted molar refractivity (Wildman–Crippen MR) is 141 cm³/mol. The van der Waals surface area contributed by atoms with E-state index < -0.39 is 45.7 Å². The van der Waals surface area contributed by atoms with Crippen molar-refractivity contribution in [3.63, 3.8) is 0 Å². The summed E-state index contributed by atoms with van der Waals surface area (Å²) in [5, 5.41) is 2.88. The van der Waals surface area contributed by atoms with Gasteiger partial charge >= 0.3 is 13.4 Å². The van der Waals surface area contributed by atoms with Crippen LogP contribution in [0.2, 0.25) is 18.1 Å². The number of benzene rings is 1. The van der Waals surface area contributed by atoms with Gasteiger partial charge in [0, 0.05) is 31.8 Å². The van der Waals surface area contributed by atoms with Crippen molar-refractivity contribution < 1.29 is 22.8 Å². The minimum atomic E-state index is -3.72. The third-order valence-corrected chi connectivity index (χ3v) is 13.0. The van der Waals surface area contributed by atoms with E-state index in [1.165, 1.54) is 17.9 Å². The highest BCUT2D eigenvalue weighted by atomic mass is 31.2. The fraction of sp³-hybridized carbons (Fsp3) is 0.583. The number of nitrogens with one attached hydrogen (secondary N) is 2. The minimum Gasteiger partial charge on any atom is -0.414 e. The van der Waals surface area contributed by atoms with E-state index in [2.05, 4.69) is 43.9 Å². The van der Waals surface area contributed by atoms with E-state index in [0.29, 0.717) is 5.56 Å². The van der Waals surface area contributed by atoms with E-state index >= 15 is 0 Å². The molecule has 12 heteroatoms. The van der Waals surface area contributed by atoms with Crippen molar-refractivity contribution in [2.24, 2.45) is 0 Å². The lowest BCUT2D eigenvalue weighted by atomic mass is 10.2. The average Bonchev–Trinajstić information content (AvgIpc) is 3.20. The molecular formula is C24H38N3O7PSi. The Labute approximate surface area is 213 Å². The summed E-state index contributed by atoms with van der Waals surface area (Å²) in [7, 11) is -4.52.